The Balaban J connectivity index is 3.08. The van der Waals surface area contributed by atoms with Crippen LogP contribution in [0.3, 0.4) is 0 Å². The third-order valence-corrected chi connectivity index (χ3v) is 0.377. The first-order chi connectivity index (χ1) is 3.41. The summed E-state index contributed by atoms with van der Waals surface area (Å²) >= 11 is 0. The van der Waals surface area contributed by atoms with E-state index >= 15 is 0 Å². The highest BCUT2D eigenvalue weighted by Crippen LogP contribution is 1.55. The molecule has 0 unspecified atom stereocenters. The van der Waals surface area contributed by atoms with Crippen molar-refractivity contribution >= 4 is 18.6 Å². The van der Waals surface area contributed by atoms with Gasteiger partial charge in [0.05, 0.1) is 6.54 Å². The van der Waals surface area contributed by atoms with E-state index < -0.39 is 0 Å². The molecule has 0 aromatic carbocycles. The number of rotatable bonds is 3. The first-order valence-electron chi connectivity index (χ1n) is 1.89. The Morgan fingerprint density at radius 3 is 2.57 bits per heavy atom. The summed E-state index contributed by atoms with van der Waals surface area (Å²) in [5, 5.41) is 12.9. The van der Waals surface area contributed by atoms with Crippen molar-refractivity contribution in [2.75, 3.05) is 6.54 Å². The van der Waals surface area contributed by atoms with Gasteiger partial charge in [0.15, 0.2) is 0 Å². The second-order valence-corrected chi connectivity index (χ2v) is 0.885. The van der Waals surface area contributed by atoms with Crippen LogP contribution in [0.2, 0.25) is 0 Å². The van der Waals surface area contributed by atoms with Gasteiger partial charge in [-0.2, -0.15) is 0 Å². The SMILES string of the molecule is N=CC=NCC=N. The molecule has 0 aliphatic rings. The van der Waals surface area contributed by atoms with E-state index in [1.165, 1.54) is 12.4 Å². The Hall–Kier alpha value is -0.990. The summed E-state index contributed by atoms with van der Waals surface area (Å²) in [5.41, 5.74) is 0. The fourth-order valence-electron chi connectivity index (χ4n) is 0.166. The average molecular weight is 97.1 g/mol. The molecule has 0 aromatic heterocycles. The lowest BCUT2D eigenvalue weighted by molar-refractivity contribution is 1.32. The molecule has 0 amide bonds. The van der Waals surface area contributed by atoms with Crippen LogP contribution in [-0.2, 0) is 0 Å². The van der Waals surface area contributed by atoms with Gasteiger partial charge in [-0.15, -0.1) is 0 Å². The maximum Gasteiger partial charge on any atom is 0.0735 e. The van der Waals surface area contributed by atoms with Crippen molar-refractivity contribution in [2.24, 2.45) is 4.99 Å². The summed E-state index contributed by atoms with van der Waals surface area (Å²) in [6.07, 6.45) is 3.62. The van der Waals surface area contributed by atoms with Gasteiger partial charge < -0.3 is 10.8 Å². The number of nitrogens with zero attached hydrogens (tertiary/aromatic N) is 1. The normalized spacial score (nSPS) is 9.14. The van der Waals surface area contributed by atoms with Crippen molar-refractivity contribution in [1.82, 2.24) is 0 Å². The maximum absolute atomic E-state index is 6.47. The zero-order chi connectivity index (χ0) is 5.54. The van der Waals surface area contributed by atoms with E-state index in [4.69, 9.17) is 10.8 Å². The molecular formula is C4H7N3. The third-order valence-electron chi connectivity index (χ3n) is 0.377. The van der Waals surface area contributed by atoms with Gasteiger partial charge in [-0.1, -0.05) is 0 Å². The topological polar surface area (TPSA) is 60.1 Å². The molecule has 3 nitrogen and oxygen atoms in total. The molecule has 0 rings (SSSR count). The predicted octanol–water partition coefficient (Wildman–Crippen LogP) is 0.356. The molecule has 0 saturated heterocycles. The van der Waals surface area contributed by atoms with Gasteiger partial charge >= 0.3 is 0 Å². The second kappa shape index (κ2) is 5.01. The molecule has 0 radical (unpaired) electrons. The standard InChI is InChI=1S/C4H7N3/c5-1-3-7-4-2-6/h1-3,5-6H,4H2. The number of hydrogen-bond donors (Lipinski definition) is 2. The molecule has 7 heavy (non-hydrogen) atoms. The van der Waals surface area contributed by atoms with Crippen LogP contribution in [0.4, 0.5) is 0 Å². The van der Waals surface area contributed by atoms with Crippen molar-refractivity contribution in [3.05, 3.63) is 0 Å². The van der Waals surface area contributed by atoms with E-state index in [0.29, 0.717) is 6.54 Å². The number of nitrogens with one attached hydrogen (secondary N) is 2. The van der Waals surface area contributed by atoms with Crippen LogP contribution < -0.4 is 0 Å². The van der Waals surface area contributed by atoms with Crippen LogP contribution in [0.5, 0.6) is 0 Å². The smallest absolute Gasteiger partial charge is 0.0735 e. The minimum Gasteiger partial charge on any atom is -0.311 e. The van der Waals surface area contributed by atoms with Gasteiger partial charge in [-0.3, -0.25) is 4.99 Å². The van der Waals surface area contributed by atoms with Crippen LogP contribution in [0.15, 0.2) is 4.99 Å². The van der Waals surface area contributed by atoms with E-state index in [1.807, 2.05) is 0 Å². The van der Waals surface area contributed by atoms with Gasteiger partial charge in [0.2, 0.25) is 0 Å². The number of hydrogen-bond acceptors (Lipinski definition) is 3. The van der Waals surface area contributed by atoms with Gasteiger partial charge in [-0.05, 0) is 0 Å². The lowest BCUT2D eigenvalue weighted by atomic mass is 10.7. The van der Waals surface area contributed by atoms with Crippen molar-refractivity contribution in [1.29, 1.82) is 10.8 Å². The van der Waals surface area contributed by atoms with Crippen molar-refractivity contribution in [3.8, 4) is 0 Å². The van der Waals surface area contributed by atoms with Gasteiger partial charge in [0.25, 0.3) is 0 Å². The Morgan fingerprint density at radius 1 is 1.43 bits per heavy atom. The van der Waals surface area contributed by atoms with Crippen LogP contribution in [-0.4, -0.2) is 25.2 Å². The van der Waals surface area contributed by atoms with Crippen LogP contribution >= 0.6 is 0 Å². The molecule has 0 fully saturated rings. The molecule has 3 heteroatoms. The quantitative estimate of drug-likeness (QED) is 0.477. The summed E-state index contributed by atoms with van der Waals surface area (Å²) in [7, 11) is 0. The molecule has 38 valence electrons. The lowest BCUT2D eigenvalue weighted by Crippen LogP contribution is -1.79. The molecule has 0 aliphatic heterocycles. The zero-order valence-electron chi connectivity index (χ0n) is 3.89. The molecule has 0 heterocycles. The third kappa shape index (κ3) is 5.01. The summed E-state index contributed by atoms with van der Waals surface area (Å²) in [5.74, 6) is 0. The second-order valence-electron chi connectivity index (χ2n) is 0.885. The summed E-state index contributed by atoms with van der Waals surface area (Å²) in [6.45, 7) is 0.384. The van der Waals surface area contributed by atoms with Crippen molar-refractivity contribution in [3.63, 3.8) is 0 Å². The Morgan fingerprint density at radius 2 is 2.14 bits per heavy atom. The predicted molar refractivity (Wildman–Crippen MR) is 30.9 cm³/mol. The molecule has 0 aliphatic carbocycles. The van der Waals surface area contributed by atoms with Crippen molar-refractivity contribution in [2.45, 2.75) is 0 Å². The fraction of sp³-hybridized carbons (Fsp3) is 0.250. The molecule has 0 spiro atoms. The van der Waals surface area contributed by atoms with E-state index in [9.17, 15) is 0 Å². The van der Waals surface area contributed by atoms with E-state index in [2.05, 4.69) is 4.99 Å². The van der Waals surface area contributed by atoms with Crippen LogP contribution in [0, 0.1) is 10.8 Å². The highest BCUT2D eigenvalue weighted by molar-refractivity contribution is 6.14. The summed E-state index contributed by atoms with van der Waals surface area (Å²) in [6, 6.07) is 0. The van der Waals surface area contributed by atoms with E-state index in [-0.39, 0.29) is 0 Å². The highest BCUT2D eigenvalue weighted by atomic mass is 14.7. The zero-order valence-corrected chi connectivity index (χ0v) is 3.89. The van der Waals surface area contributed by atoms with Gasteiger partial charge in [0, 0.05) is 18.6 Å². The molecule has 0 bridgehead atoms. The lowest BCUT2D eigenvalue weighted by Gasteiger charge is -1.71. The highest BCUT2D eigenvalue weighted by Gasteiger charge is 1.61. The fourth-order valence-corrected chi connectivity index (χ4v) is 0.166. The first kappa shape index (κ1) is 6.01. The Kier molecular flexibility index (Phi) is 4.30. The monoisotopic (exact) mass is 97.1 g/mol. The first-order valence-corrected chi connectivity index (χ1v) is 1.89. The van der Waals surface area contributed by atoms with Gasteiger partial charge in [-0.25, -0.2) is 0 Å². The average Bonchev–Trinajstić information content (AvgIpc) is 1.69. The van der Waals surface area contributed by atoms with E-state index in [0.717, 1.165) is 6.21 Å². The largest absolute Gasteiger partial charge is 0.311 e. The molecule has 0 saturated carbocycles. The molecular weight excluding hydrogens is 90.1 g/mol. The van der Waals surface area contributed by atoms with Gasteiger partial charge in [0.1, 0.15) is 0 Å². The van der Waals surface area contributed by atoms with Crippen molar-refractivity contribution < 1.29 is 0 Å². The van der Waals surface area contributed by atoms with E-state index in [1.54, 1.807) is 0 Å². The van der Waals surface area contributed by atoms with Crippen LogP contribution in [0.25, 0.3) is 0 Å². The molecule has 2 N–H and O–H groups in total. The molecule has 0 atom stereocenters. The number of aliphatic imine (C=N–C) groups is 1. The minimum absolute atomic E-state index is 0.384. The minimum atomic E-state index is 0.384. The summed E-state index contributed by atoms with van der Waals surface area (Å²) in [4.78, 5) is 3.60. The Labute approximate surface area is 42.1 Å². The summed E-state index contributed by atoms with van der Waals surface area (Å²) < 4.78 is 0. The Bertz CT molecular complexity index is 84.9. The maximum atomic E-state index is 6.47. The molecule has 0 aromatic rings. The van der Waals surface area contributed by atoms with Crippen LogP contribution in [0.1, 0.15) is 0 Å².